The molecule has 2 heterocycles. The number of carbonyl (C=O) groups excluding carboxylic acids is 1. The maximum Gasteiger partial charge on any atom is 0.586 e. The summed E-state index contributed by atoms with van der Waals surface area (Å²) in [7, 11) is 0. The number of halogens is 2. The van der Waals surface area contributed by atoms with Crippen molar-refractivity contribution in [3.8, 4) is 11.5 Å². The molecule has 0 radical (unpaired) electrons. The highest BCUT2D eigenvalue weighted by molar-refractivity contribution is 6.05. The molecule has 0 aliphatic carbocycles. The zero-order valence-corrected chi connectivity index (χ0v) is 14.7. The molecule has 1 aromatic carbocycles. The van der Waals surface area contributed by atoms with Gasteiger partial charge in [0.2, 0.25) is 5.95 Å². The van der Waals surface area contributed by atoms with E-state index >= 15 is 0 Å². The topological polar surface area (TPSA) is 88.3 Å². The number of ether oxygens (including phenoxy) is 2. The van der Waals surface area contributed by atoms with Crippen molar-refractivity contribution in [2.75, 3.05) is 11.9 Å². The molecule has 1 amide bonds. The van der Waals surface area contributed by atoms with Crippen LogP contribution in [0.5, 0.6) is 11.5 Å². The maximum absolute atomic E-state index is 13.1. The SMILES string of the molecule is C=C(/C=C\C(=C/C)C(=O)Nc1nc2cc3c(cc2[nH]1)OC(F)(F)O3)NCC. The average molecular weight is 376 g/mol. The van der Waals surface area contributed by atoms with Crippen molar-refractivity contribution < 1.29 is 23.0 Å². The number of anilines is 1. The molecule has 27 heavy (non-hydrogen) atoms. The number of aromatic nitrogens is 2. The van der Waals surface area contributed by atoms with Crippen LogP contribution < -0.4 is 20.1 Å². The largest absolute Gasteiger partial charge is 0.586 e. The van der Waals surface area contributed by atoms with Crippen LogP contribution in [-0.4, -0.2) is 28.7 Å². The first-order chi connectivity index (χ1) is 12.8. The molecular weight excluding hydrogens is 358 g/mol. The summed E-state index contributed by atoms with van der Waals surface area (Å²) in [5.41, 5.74) is 1.86. The van der Waals surface area contributed by atoms with E-state index in [9.17, 15) is 13.6 Å². The van der Waals surface area contributed by atoms with Crippen molar-refractivity contribution in [2.45, 2.75) is 20.1 Å². The monoisotopic (exact) mass is 376 g/mol. The lowest BCUT2D eigenvalue weighted by Crippen LogP contribution is -2.25. The summed E-state index contributed by atoms with van der Waals surface area (Å²) in [4.78, 5) is 19.4. The molecule has 2 aromatic rings. The van der Waals surface area contributed by atoms with E-state index in [-0.39, 0.29) is 23.4 Å². The van der Waals surface area contributed by atoms with Crippen molar-refractivity contribution in [1.29, 1.82) is 0 Å². The van der Waals surface area contributed by atoms with E-state index in [1.54, 1.807) is 25.2 Å². The summed E-state index contributed by atoms with van der Waals surface area (Å²) < 4.78 is 35.0. The number of aromatic amines is 1. The first-order valence-corrected chi connectivity index (χ1v) is 8.19. The molecule has 1 aromatic heterocycles. The number of nitrogens with zero attached hydrogens (tertiary/aromatic N) is 1. The summed E-state index contributed by atoms with van der Waals surface area (Å²) in [6.45, 7) is 8.21. The second-order valence-electron chi connectivity index (χ2n) is 5.66. The Kier molecular flexibility index (Phi) is 4.85. The number of amides is 1. The van der Waals surface area contributed by atoms with Crippen LogP contribution in [0.3, 0.4) is 0 Å². The molecule has 0 fully saturated rings. The highest BCUT2D eigenvalue weighted by atomic mass is 19.3. The van der Waals surface area contributed by atoms with E-state index in [0.717, 1.165) is 6.54 Å². The van der Waals surface area contributed by atoms with Crippen LogP contribution in [0.25, 0.3) is 11.0 Å². The van der Waals surface area contributed by atoms with Crippen molar-refractivity contribution in [2.24, 2.45) is 0 Å². The molecule has 0 saturated heterocycles. The first-order valence-electron chi connectivity index (χ1n) is 8.19. The van der Waals surface area contributed by atoms with Gasteiger partial charge in [0.1, 0.15) is 0 Å². The Bertz CT molecular complexity index is 918. The van der Waals surface area contributed by atoms with E-state index in [1.165, 1.54) is 12.1 Å². The van der Waals surface area contributed by atoms with Gasteiger partial charge in [-0.2, -0.15) is 0 Å². The van der Waals surface area contributed by atoms with Gasteiger partial charge >= 0.3 is 6.29 Å². The fourth-order valence-corrected chi connectivity index (χ4v) is 2.47. The Morgan fingerprint density at radius 1 is 1.33 bits per heavy atom. The Balaban J connectivity index is 1.75. The fourth-order valence-electron chi connectivity index (χ4n) is 2.47. The highest BCUT2D eigenvalue weighted by Gasteiger charge is 2.43. The van der Waals surface area contributed by atoms with E-state index in [0.29, 0.717) is 22.3 Å². The third-order valence-electron chi connectivity index (χ3n) is 3.68. The Morgan fingerprint density at radius 2 is 2.04 bits per heavy atom. The Morgan fingerprint density at radius 3 is 2.70 bits per heavy atom. The van der Waals surface area contributed by atoms with Gasteiger partial charge < -0.3 is 19.8 Å². The molecule has 3 N–H and O–H groups in total. The van der Waals surface area contributed by atoms with Gasteiger partial charge in [0.15, 0.2) is 11.5 Å². The summed E-state index contributed by atoms with van der Waals surface area (Å²) in [5.74, 6) is -0.434. The number of fused-ring (bicyclic) bond motifs is 2. The lowest BCUT2D eigenvalue weighted by atomic mass is 10.2. The second kappa shape index (κ2) is 7.10. The molecule has 0 spiro atoms. The third-order valence-corrected chi connectivity index (χ3v) is 3.68. The number of carbonyl (C=O) groups is 1. The van der Waals surface area contributed by atoms with Crippen molar-refractivity contribution in [1.82, 2.24) is 15.3 Å². The predicted molar refractivity (Wildman–Crippen MR) is 96.6 cm³/mol. The number of H-pyrrole nitrogens is 1. The zero-order valence-electron chi connectivity index (χ0n) is 14.7. The lowest BCUT2D eigenvalue weighted by molar-refractivity contribution is -0.286. The van der Waals surface area contributed by atoms with Gasteiger partial charge in [-0.1, -0.05) is 12.7 Å². The molecule has 1 aliphatic rings. The molecule has 0 atom stereocenters. The molecule has 142 valence electrons. The molecule has 0 bridgehead atoms. The van der Waals surface area contributed by atoms with Crippen LogP contribution in [0, 0.1) is 0 Å². The Hall–Kier alpha value is -3.36. The van der Waals surface area contributed by atoms with Crippen molar-refractivity contribution in [3.63, 3.8) is 0 Å². The van der Waals surface area contributed by atoms with Crippen LogP contribution in [0.4, 0.5) is 14.7 Å². The number of hydrogen-bond acceptors (Lipinski definition) is 5. The fraction of sp³-hybridized carbons (Fsp3) is 0.222. The van der Waals surface area contributed by atoms with Gasteiger partial charge in [0, 0.05) is 29.9 Å². The first kappa shape index (κ1) is 18.4. The lowest BCUT2D eigenvalue weighted by Gasteiger charge is -2.04. The number of likely N-dealkylation sites (N-methyl/N-ethyl adjacent to an activating group) is 1. The summed E-state index contributed by atoms with van der Waals surface area (Å²) in [6, 6.07) is 2.65. The smallest absolute Gasteiger partial charge is 0.395 e. The van der Waals surface area contributed by atoms with Crippen LogP contribution in [0.2, 0.25) is 0 Å². The molecular formula is C18H18F2N4O3. The van der Waals surface area contributed by atoms with Crippen LogP contribution >= 0.6 is 0 Å². The Labute approximate surface area is 153 Å². The van der Waals surface area contributed by atoms with Gasteiger partial charge in [0.05, 0.1) is 11.0 Å². The highest BCUT2D eigenvalue weighted by Crippen LogP contribution is 2.42. The van der Waals surface area contributed by atoms with Crippen LogP contribution in [-0.2, 0) is 4.79 Å². The molecule has 1 aliphatic heterocycles. The van der Waals surface area contributed by atoms with Crippen LogP contribution in [0.15, 0.2) is 48.2 Å². The summed E-state index contributed by atoms with van der Waals surface area (Å²) >= 11 is 0. The third kappa shape index (κ3) is 4.08. The van der Waals surface area contributed by atoms with E-state index in [2.05, 4.69) is 36.7 Å². The molecule has 0 unspecified atom stereocenters. The van der Waals surface area contributed by atoms with E-state index in [1.807, 2.05) is 6.92 Å². The zero-order chi connectivity index (χ0) is 19.6. The molecule has 9 heteroatoms. The quantitative estimate of drug-likeness (QED) is 0.531. The minimum absolute atomic E-state index is 0.104. The van der Waals surface area contributed by atoms with Gasteiger partial charge in [-0.25, -0.2) is 4.98 Å². The minimum atomic E-state index is -3.69. The molecule has 3 rings (SSSR count). The van der Waals surface area contributed by atoms with Gasteiger partial charge in [-0.15, -0.1) is 8.78 Å². The number of alkyl halides is 2. The van der Waals surface area contributed by atoms with E-state index < -0.39 is 6.29 Å². The summed E-state index contributed by atoms with van der Waals surface area (Å²) in [6.07, 6.45) is 1.27. The standard InChI is InChI=1S/C18H18F2N4O3/c1-4-11(7-6-10(3)21-5-2)16(25)24-17-22-12-8-14-15(9-13(12)23-17)27-18(19,20)26-14/h4,6-9,21H,3,5H2,1-2H3,(H2,22,23,24,25)/b7-6-,11-4+. The molecule has 7 nitrogen and oxygen atoms in total. The summed E-state index contributed by atoms with van der Waals surface area (Å²) in [5, 5.41) is 5.65. The average Bonchev–Trinajstić information content (AvgIpc) is 3.09. The normalized spacial score (nSPS) is 15.3. The second-order valence-corrected chi connectivity index (χ2v) is 5.66. The van der Waals surface area contributed by atoms with Crippen LogP contribution in [0.1, 0.15) is 13.8 Å². The number of benzene rings is 1. The number of hydrogen-bond donors (Lipinski definition) is 3. The molecule has 0 saturated carbocycles. The van der Waals surface area contributed by atoms with Crippen molar-refractivity contribution >= 4 is 22.9 Å². The van der Waals surface area contributed by atoms with Gasteiger partial charge in [-0.3, -0.25) is 10.1 Å². The van der Waals surface area contributed by atoms with Gasteiger partial charge in [0.25, 0.3) is 5.91 Å². The van der Waals surface area contributed by atoms with Gasteiger partial charge in [-0.05, 0) is 26.0 Å². The maximum atomic E-state index is 13.1. The number of imidazole rings is 1. The minimum Gasteiger partial charge on any atom is -0.395 e. The number of nitrogens with one attached hydrogen (secondary N) is 3. The predicted octanol–water partition coefficient (Wildman–Crippen LogP) is 3.45. The number of allylic oxidation sites excluding steroid dienone is 2. The van der Waals surface area contributed by atoms with E-state index in [4.69, 9.17) is 0 Å². The number of rotatable bonds is 6. The van der Waals surface area contributed by atoms with Crippen molar-refractivity contribution in [3.05, 3.63) is 48.2 Å².